The van der Waals surface area contributed by atoms with E-state index in [1.807, 2.05) is 89.5 Å². The Bertz CT molecular complexity index is 1710. The molecule has 0 aliphatic heterocycles. The summed E-state index contributed by atoms with van der Waals surface area (Å²) in [5.41, 5.74) is 3.31. The molecule has 0 fully saturated rings. The van der Waals surface area contributed by atoms with Gasteiger partial charge in [0, 0.05) is 21.5 Å². The Balaban J connectivity index is 1.55. The van der Waals surface area contributed by atoms with E-state index in [0.29, 0.717) is 33.2 Å². The van der Waals surface area contributed by atoms with E-state index in [2.05, 4.69) is 15.2 Å². The lowest BCUT2D eigenvalue weighted by atomic mass is 10.0. The first-order valence-electron chi connectivity index (χ1n) is 11.3. The van der Waals surface area contributed by atoms with Crippen LogP contribution in [0.15, 0.2) is 117 Å². The van der Waals surface area contributed by atoms with Gasteiger partial charge in [-0.05, 0) is 53.2 Å². The maximum Gasteiger partial charge on any atom is 0.263 e. The maximum atomic E-state index is 13.4. The van der Waals surface area contributed by atoms with Crippen molar-refractivity contribution in [3.8, 4) is 22.7 Å². The largest absolute Gasteiger partial charge is 0.461 e. The van der Waals surface area contributed by atoms with Crippen LogP contribution >= 0.6 is 23.4 Å². The van der Waals surface area contributed by atoms with Crippen LogP contribution in [-0.4, -0.2) is 19.7 Å². The lowest BCUT2D eigenvalue weighted by molar-refractivity contribution is 0.569. The molecular weight excluding hydrogens is 492 g/mol. The van der Waals surface area contributed by atoms with Gasteiger partial charge < -0.3 is 9.40 Å². The van der Waals surface area contributed by atoms with E-state index in [0.717, 1.165) is 27.6 Å². The highest BCUT2D eigenvalue weighted by Crippen LogP contribution is 2.39. The van der Waals surface area contributed by atoms with Crippen molar-refractivity contribution >= 4 is 34.3 Å². The predicted octanol–water partition coefficient (Wildman–Crippen LogP) is 6.90. The number of benzene rings is 3. The van der Waals surface area contributed by atoms with E-state index in [4.69, 9.17) is 16.0 Å². The molecule has 3 aromatic heterocycles. The van der Waals surface area contributed by atoms with E-state index in [1.54, 1.807) is 12.3 Å². The minimum atomic E-state index is -0.206. The first kappa shape index (κ1) is 22.4. The van der Waals surface area contributed by atoms with Crippen LogP contribution in [0.5, 0.6) is 0 Å². The Morgan fingerprint density at radius 3 is 2.44 bits per heavy atom. The molecule has 0 saturated heterocycles. The smallest absolute Gasteiger partial charge is 0.263 e. The third-order valence-corrected chi connectivity index (χ3v) is 7.14. The van der Waals surface area contributed by atoms with E-state index in [1.165, 1.54) is 11.8 Å². The zero-order valence-corrected chi connectivity index (χ0v) is 20.5. The molecule has 3 heterocycles. The molecule has 0 spiro atoms. The lowest BCUT2D eigenvalue weighted by Gasteiger charge is -2.14. The van der Waals surface area contributed by atoms with Gasteiger partial charge in [0.1, 0.15) is 0 Å². The number of rotatable bonds is 6. The van der Waals surface area contributed by atoms with Crippen LogP contribution in [-0.2, 0) is 6.54 Å². The van der Waals surface area contributed by atoms with E-state index >= 15 is 0 Å². The van der Waals surface area contributed by atoms with Crippen molar-refractivity contribution in [3.63, 3.8) is 0 Å². The molecule has 0 unspecified atom stereocenters. The Labute approximate surface area is 215 Å². The zero-order valence-electron chi connectivity index (χ0n) is 18.9. The molecule has 6 rings (SSSR count). The van der Waals surface area contributed by atoms with Gasteiger partial charge in [0.05, 0.1) is 17.7 Å². The fourth-order valence-electron chi connectivity index (χ4n) is 4.19. The number of aromatic nitrogens is 4. The number of furan rings is 1. The number of aromatic amines is 1. The Morgan fingerprint density at radius 2 is 1.69 bits per heavy atom. The molecule has 8 heteroatoms. The van der Waals surface area contributed by atoms with Gasteiger partial charge in [0.15, 0.2) is 10.9 Å². The average Bonchev–Trinajstić information content (AvgIpc) is 3.56. The van der Waals surface area contributed by atoms with Gasteiger partial charge in [-0.1, -0.05) is 72.3 Å². The summed E-state index contributed by atoms with van der Waals surface area (Å²) in [6.07, 6.45) is 1.61. The second-order valence-electron chi connectivity index (χ2n) is 8.17. The fourth-order valence-corrected chi connectivity index (χ4v) is 5.36. The summed E-state index contributed by atoms with van der Waals surface area (Å²) in [5.74, 6) is 1.20. The fraction of sp³-hybridized carbons (Fsp3) is 0.0357. The molecule has 0 amide bonds. The quantitative estimate of drug-likeness (QED) is 0.264. The van der Waals surface area contributed by atoms with Gasteiger partial charge in [-0.25, -0.2) is 0 Å². The Kier molecular flexibility index (Phi) is 5.93. The van der Waals surface area contributed by atoms with Crippen LogP contribution in [0.3, 0.4) is 0 Å². The molecule has 3 aromatic carbocycles. The highest BCUT2D eigenvalue weighted by Gasteiger charge is 2.22. The van der Waals surface area contributed by atoms with Crippen LogP contribution in [0.2, 0.25) is 5.02 Å². The first-order chi connectivity index (χ1) is 17.7. The summed E-state index contributed by atoms with van der Waals surface area (Å²) < 4.78 is 7.60. The van der Waals surface area contributed by atoms with E-state index in [-0.39, 0.29) is 5.56 Å². The number of H-pyrrole nitrogens is 1. The topological polar surface area (TPSA) is 76.7 Å². The number of pyridine rings is 1. The molecule has 0 atom stereocenters. The van der Waals surface area contributed by atoms with Crippen molar-refractivity contribution in [3.05, 3.63) is 118 Å². The normalized spacial score (nSPS) is 11.2. The van der Waals surface area contributed by atoms with Crippen molar-refractivity contribution in [1.29, 1.82) is 0 Å². The average molecular weight is 511 g/mol. The zero-order chi connectivity index (χ0) is 24.5. The second-order valence-corrected chi connectivity index (χ2v) is 9.59. The minimum Gasteiger partial charge on any atom is -0.461 e. The molecule has 36 heavy (non-hydrogen) atoms. The summed E-state index contributed by atoms with van der Waals surface area (Å²) in [7, 11) is 0. The standard InChI is InChI=1S/C28H19ClN4O2S/c29-20-13-14-22-21(16-20)24(19-10-5-2-6-11-19)25(27(34)30-22)36-28-32-31-26(23-12-7-15-35-23)33(28)17-18-8-3-1-4-9-18/h1-16H,17H2,(H,30,34). The van der Waals surface area contributed by atoms with Crippen LogP contribution < -0.4 is 5.56 Å². The lowest BCUT2D eigenvalue weighted by Crippen LogP contribution is -2.12. The van der Waals surface area contributed by atoms with E-state index in [9.17, 15) is 4.79 Å². The first-order valence-corrected chi connectivity index (χ1v) is 12.5. The Hall–Kier alpha value is -4.07. The van der Waals surface area contributed by atoms with Crippen molar-refractivity contribution < 1.29 is 4.42 Å². The third kappa shape index (κ3) is 4.23. The molecular formula is C28H19ClN4O2S. The molecule has 0 bridgehead atoms. The Morgan fingerprint density at radius 1 is 0.917 bits per heavy atom. The molecule has 6 nitrogen and oxygen atoms in total. The van der Waals surface area contributed by atoms with Crippen molar-refractivity contribution in [2.45, 2.75) is 16.6 Å². The highest BCUT2D eigenvalue weighted by atomic mass is 35.5. The number of halogens is 1. The van der Waals surface area contributed by atoms with Gasteiger partial charge in [-0.2, -0.15) is 0 Å². The maximum absolute atomic E-state index is 13.4. The SMILES string of the molecule is O=c1[nH]c2ccc(Cl)cc2c(-c2ccccc2)c1Sc1nnc(-c2ccco2)n1Cc1ccccc1. The van der Waals surface area contributed by atoms with Gasteiger partial charge in [-0.15, -0.1) is 10.2 Å². The molecule has 176 valence electrons. The molecule has 1 N–H and O–H groups in total. The minimum absolute atomic E-state index is 0.206. The molecule has 6 aromatic rings. The van der Waals surface area contributed by atoms with Crippen molar-refractivity contribution in [2.24, 2.45) is 0 Å². The summed E-state index contributed by atoms with van der Waals surface area (Å²) in [6.45, 7) is 0.518. The molecule has 0 aliphatic rings. The number of nitrogens with zero attached hydrogens (tertiary/aromatic N) is 3. The van der Waals surface area contributed by atoms with Gasteiger partial charge in [-0.3, -0.25) is 9.36 Å². The van der Waals surface area contributed by atoms with Crippen LogP contribution in [0, 0.1) is 0 Å². The van der Waals surface area contributed by atoms with Gasteiger partial charge in [0.25, 0.3) is 5.56 Å². The highest BCUT2D eigenvalue weighted by molar-refractivity contribution is 7.99. The molecule has 0 saturated carbocycles. The van der Waals surface area contributed by atoms with Gasteiger partial charge in [0.2, 0.25) is 5.82 Å². The molecule has 0 aliphatic carbocycles. The summed E-state index contributed by atoms with van der Waals surface area (Å²) in [6, 6.07) is 29.0. The second kappa shape index (κ2) is 9.53. The van der Waals surface area contributed by atoms with Gasteiger partial charge >= 0.3 is 0 Å². The third-order valence-electron chi connectivity index (χ3n) is 5.83. The number of hydrogen-bond acceptors (Lipinski definition) is 5. The van der Waals surface area contributed by atoms with Crippen molar-refractivity contribution in [1.82, 2.24) is 19.7 Å². The summed E-state index contributed by atoms with van der Waals surface area (Å²) in [5, 5.41) is 10.9. The summed E-state index contributed by atoms with van der Waals surface area (Å²) >= 11 is 7.65. The van der Waals surface area contributed by atoms with Crippen LogP contribution in [0.1, 0.15) is 5.56 Å². The number of hydrogen-bond donors (Lipinski definition) is 1. The number of nitrogens with one attached hydrogen (secondary N) is 1. The van der Waals surface area contributed by atoms with Crippen molar-refractivity contribution in [2.75, 3.05) is 0 Å². The van der Waals surface area contributed by atoms with E-state index < -0.39 is 0 Å². The predicted molar refractivity (Wildman–Crippen MR) is 142 cm³/mol. The van der Waals surface area contributed by atoms with Crippen LogP contribution in [0.25, 0.3) is 33.6 Å². The monoisotopic (exact) mass is 510 g/mol. The summed E-state index contributed by atoms with van der Waals surface area (Å²) in [4.78, 5) is 17.0. The van der Waals surface area contributed by atoms with Crippen LogP contribution in [0.4, 0.5) is 0 Å². The number of fused-ring (bicyclic) bond motifs is 1. The molecule has 0 radical (unpaired) electrons.